The fourth-order valence-electron chi connectivity index (χ4n) is 4.26. The van der Waals surface area contributed by atoms with Crippen molar-refractivity contribution < 1.29 is 4.42 Å². The molecule has 0 unspecified atom stereocenters. The average Bonchev–Trinajstić information content (AvgIpc) is 2.81. The molecule has 0 radical (unpaired) electrons. The van der Waals surface area contributed by atoms with Gasteiger partial charge >= 0.3 is 0 Å². The molecule has 33 heavy (non-hydrogen) atoms. The summed E-state index contributed by atoms with van der Waals surface area (Å²) in [5.41, 5.74) is 4.38. The minimum absolute atomic E-state index is 0.0188. The van der Waals surface area contributed by atoms with Crippen LogP contribution < -0.4 is 11.0 Å². The third-order valence-corrected chi connectivity index (χ3v) is 6.45. The highest BCUT2D eigenvalue weighted by molar-refractivity contribution is 6.30. The van der Waals surface area contributed by atoms with E-state index in [0.717, 1.165) is 16.8 Å². The molecule has 0 fully saturated rings. The van der Waals surface area contributed by atoms with Crippen LogP contribution in [0.2, 0.25) is 5.02 Å². The SMILES string of the molecule is CC(C)c1ccc2occ(CN3CCc4nc(-c5ccc(Cl)cc5)[nH]c(=O)c4C3)c(=O)c2c1. The van der Waals surface area contributed by atoms with E-state index in [4.69, 9.17) is 21.0 Å². The van der Waals surface area contributed by atoms with Gasteiger partial charge < -0.3 is 9.40 Å². The zero-order valence-corrected chi connectivity index (χ0v) is 19.3. The van der Waals surface area contributed by atoms with E-state index in [-0.39, 0.29) is 11.0 Å². The summed E-state index contributed by atoms with van der Waals surface area (Å²) in [5, 5.41) is 1.23. The Morgan fingerprint density at radius 1 is 1.15 bits per heavy atom. The summed E-state index contributed by atoms with van der Waals surface area (Å²) in [7, 11) is 0. The highest BCUT2D eigenvalue weighted by atomic mass is 35.5. The smallest absolute Gasteiger partial charge is 0.255 e. The molecule has 5 rings (SSSR count). The van der Waals surface area contributed by atoms with Crippen molar-refractivity contribution in [3.8, 4) is 11.4 Å². The number of hydrogen-bond acceptors (Lipinski definition) is 5. The van der Waals surface area contributed by atoms with E-state index in [0.29, 0.717) is 64.9 Å². The average molecular weight is 462 g/mol. The molecule has 7 heteroatoms. The molecular formula is C26H24ClN3O3. The Hall–Kier alpha value is -3.22. The van der Waals surface area contributed by atoms with Crippen molar-refractivity contribution in [1.29, 1.82) is 0 Å². The van der Waals surface area contributed by atoms with E-state index >= 15 is 0 Å². The Kier molecular flexibility index (Phi) is 5.64. The van der Waals surface area contributed by atoms with Crippen LogP contribution in [0.15, 0.2) is 62.7 Å². The lowest BCUT2D eigenvalue weighted by molar-refractivity contribution is 0.239. The van der Waals surface area contributed by atoms with E-state index in [1.807, 2.05) is 30.3 Å². The Morgan fingerprint density at radius 2 is 1.94 bits per heavy atom. The van der Waals surface area contributed by atoms with Crippen LogP contribution in [0, 0.1) is 0 Å². The van der Waals surface area contributed by atoms with E-state index in [1.54, 1.807) is 18.4 Å². The van der Waals surface area contributed by atoms with Gasteiger partial charge in [0.25, 0.3) is 5.56 Å². The summed E-state index contributed by atoms with van der Waals surface area (Å²) in [6.07, 6.45) is 2.18. The summed E-state index contributed by atoms with van der Waals surface area (Å²) < 4.78 is 5.75. The first-order valence-corrected chi connectivity index (χ1v) is 11.4. The maximum Gasteiger partial charge on any atom is 0.255 e. The van der Waals surface area contributed by atoms with Gasteiger partial charge in [0.05, 0.1) is 22.9 Å². The molecule has 1 aliphatic heterocycles. The molecule has 1 aliphatic rings. The van der Waals surface area contributed by atoms with Crippen molar-refractivity contribution in [2.45, 2.75) is 39.3 Å². The largest absolute Gasteiger partial charge is 0.464 e. The van der Waals surface area contributed by atoms with Gasteiger partial charge in [-0.15, -0.1) is 0 Å². The lowest BCUT2D eigenvalue weighted by Crippen LogP contribution is -2.36. The Bertz CT molecular complexity index is 1450. The highest BCUT2D eigenvalue weighted by Gasteiger charge is 2.23. The van der Waals surface area contributed by atoms with E-state index in [1.165, 1.54) is 0 Å². The number of benzene rings is 2. The fourth-order valence-corrected chi connectivity index (χ4v) is 4.38. The number of aromatic nitrogens is 2. The molecule has 0 saturated carbocycles. The molecule has 1 N–H and O–H groups in total. The lowest BCUT2D eigenvalue weighted by atomic mass is 10.0. The van der Waals surface area contributed by atoms with Crippen LogP contribution in [0.25, 0.3) is 22.4 Å². The van der Waals surface area contributed by atoms with Gasteiger partial charge in [-0.05, 0) is 47.9 Å². The zero-order valence-electron chi connectivity index (χ0n) is 18.5. The number of aromatic amines is 1. The van der Waals surface area contributed by atoms with Gasteiger partial charge in [0.15, 0.2) is 5.43 Å². The summed E-state index contributed by atoms with van der Waals surface area (Å²) in [5.74, 6) is 0.869. The molecule has 0 aliphatic carbocycles. The predicted octanol–water partition coefficient (Wildman–Crippen LogP) is 4.88. The Balaban J connectivity index is 1.41. The summed E-state index contributed by atoms with van der Waals surface area (Å²) >= 11 is 5.97. The van der Waals surface area contributed by atoms with Crippen LogP contribution in [0.4, 0.5) is 0 Å². The minimum Gasteiger partial charge on any atom is -0.464 e. The first-order valence-electron chi connectivity index (χ1n) is 11.0. The lowest BCUT2D eigenvalue weighted by Gasteiger charge is -2.27. The number of rotatable bonds is 4. The summed E-state index contributed by atoms with van der Waals surface area (Å²) in [4.78, 5) is 35.7. The highest BCUT2D eigenvalue weighted by Crippen LogP contribution is 2.23. The van der Waals surface area contributed by atoms with Crippen molar-refractivity contribution in [3.05, 3.63) is 96.7 Å². The van der Waals surface area contributed by atoms with Gasteiger partial charge in [0.2, 0.25) is 0 Å². The molecule has 168 valence electrons. The van der Waals surface area contributed by atoms with Gasteiger partial charge in [0, 0.05) is 42.2 Å². The van der Waals surface area contributed by atoms with Gasteiger partial charge in [-0.3, -0.25) is 14.5 Å². The maximum absolute atomic E-state index is 13.1. The summed E-state index contributed by atoms with van der Waals surface area (Å²) in [6.45, 7) is 5.75. The number of fused-ring (bicyclic) bond motifs is 2. The van der Waals surface area contributed by atoms with Crippen LogP contribution in [-0.2, 0) is 19.5 Å². The van der Waals surface area contributed by atoms with E-state index in [9.17, 15) is 9.59 Å². The van der Waals surface area contributed by atoms with Crippen molar-refractivity contribution >= 4 is 22.6 Å². The Labute approximate surface area is 195 Å². The monoisotopic (exact) mass is 461 g/mol. The normalized spacial score (nSPS) is 14.1. The minimum atomic E-state index is -0.151. The van der Waals surface area contributed by atoms with Crippen molar-refractivity contribution in [2.24, 2.45) is 0 Å². The number of halogens is 1. The predicted molar refractivity (Wildman–Crippen MR) is 130 cm³/mol. The maximum atomic E-state index is 13.1. The van der Waals surface area contributed by atoms with Crippen molar-refractivity contribution in [3.63, 3.8) is 0 Å². The van der Waals surface area contributed by atoms with Gasteiger partial charge in [0.1, 0.15) is 11.4 Å². The zero-order chi connectivity index (χ0) is 23.1. The number of nitrogens with one attached hydrogen (secondary N) is 1. The standard InChI is InChI=1S/C26H24ClN3O3/c1-15(2)17-5-8-23-20(11-17)24(31)18(14-33-23)12-30-10-9-22-21(13-30)26(32)29-25(28-22)16-3-6-19(27)7-4-16/h3-8,11,14-15H,9-10,12-13H2,1-2H3,(H,28,29,32). The third kappa shape index (κ3) is 4.24. The van der Waals surface area contributed by atoms with E-state index < -0.39 is 0 Å². The van der Waals surface area contributed by atoms with E-state index in [2.05, 4.69) is 23.7 Å². The van der Waals surface area contributed by atoms with Crippen molar-refractivity contribution in [1.82, 2.24) is 14.9 Å². The molecule has 0 spiro atoms. The second-order valence-corrected chi connectivity index (χ2v) is 9.24. The van der Waals surface area contributed by atoms with Crippen LogP contribution in [-0.4, -0.2) is 21.4 Å². The fraction of sp³-hybridized carbons (Fsp3) is 0.269. The molecule has 0 bridgehead atoms. The third-order valence-electron chi connectivity index (χ3n) is 6.19. The van der Waals surface area contributed by atoms with Gasteiger partial charge in [-0.25, -0.2) is 4.98 Å². The summed E-state index contributed by atoms with van der Waals surface area (Å²) in [6, 6.07) is 13.0. The number of hydrogen-bond donors (Lipinski definition) is 1. The molecule has 3 heterocycles. The van der Waals surface area contributed by atoms with Gasteiger partial charge in [-0.2, -0.15) is 0 Å². The topological polar surface area (TPSA) is 79.2 Å². The first-order chi connectivity index (χ1) is 15.9. The van der Waals surface area contributed by atoms with Crippen LogP contribution in [0.5, 0.6) is 0 Å². The molecule has 2 aromatic carbocycles. The Morgan fingerprint density at radius 3 is 2.70 bits per heavy atom. The van der Waals surface area contributed by atoms with Crippen LogP contribution in [0.3, 0.4) is 0 Å². The second-order valence-electron chi connectivity index (χ2n) is 8.81. The first kappa shape index (κ1) is 21.6. The van der Waals surface area contributed by atoms with Crippen molar-refractivity contribution in [2.75, 3.05) is 6.54 Å². The van der Waals surface area contributed by atoms with Gasteiger partial charge in [-0.1, -0.05) is 31.5 Å². The van der Waals surface area contributed by atoms with Crippen LogP contribution in [0.1, 0.15) is 42.1 Å². The van der Waals surface area contributed by atoms with Crippen LogP contribution >= 0.6 is 11.6 Å². The molecule has 6 nitrogen and oxygen atoms in total. The molecule has 2 aromatic heterocycles. The molecule has 0 atom stereocenters. The molecule has 0 saturated heterocycles. The number of nitrogens with zero attached hydrogens (tertiary/aromatic N) is 2. The molecule has 4 aromatic rings. The molecule has 0 amide bonds. The number of H-pyrrole nitrogens is 1. The second kappa shape index (κ2) is 8.61. The quantitative estimate of drug-likeness (QED) is 0.468. The molecular weight excluding hydrogens is 438 g/mol.